The molecule has 2 atom stereocenters. The molecule has 27 heavy (non-hydrogen) atoms. The first kappa shape index (κ1) is 20.6. The lowest BCUT2D eigenvalue weighted by Gasteiger charge is -2.23. The van der Waals surface area contributed by atoms with Crippen molar-refractivity contribution in [3.63, 3.8) is 0 Å². The van der Waals surface area contributed by atoms with E-state index in [4.69, 9.17) is 11.5 Å². The molecule has 0 spiro atoms. The zero-order chi connectivity index (χ0) is 20.1. The number of carbonyl (C=O) groups is 1. The first-order chi connectivity index (χ1) is 12.7. The van der Waals surface area contributed by atoms with Crippen LogP contribution in [0.25, 0.3) is 0 Å². The first-order valence-electron chi connectivity index (χ1n) is 8.95. The number of aryl methyl sites for hydroxylation is 2. The molecule has 0 aromatic carbocycles. The van der Waals surface area contributed by atoms with E-state index in [-0.39, 0.29) is 29.3 Å². The highest BCUT2D eigenvalue weighted by molar-refractivity contribution is 5.98. The summed E-state index contributed by atoms with van der Waals surface area (Å²) in [6.45, 7) is 7.69. The van der Waals surface area contributed by atoms with E-state index in [1.807, 2.05) is 33.8 Å². The molecule has 8 heteroatoms. The van der Waals surface area contributed by atoms with Gasteiger partial charge in [0.25, 0.3) is 5.91 Å². The lowest BCUT2D eigenvalue weighted by Crippen LogP contribution is -2.38. The number of aromatic nitrogens is 2. The zero-order valence-corrected chi connectivity index (χ0v) is 16.1. The quantitative estimate of drug-likeness (QED) is 0.564. The van der Waals surface area contributed by atoms with E-state index < -0.39 is 11.7 Å². The van der Waals surface area contributed by atoms with Crippen molar-refractivity contribution in [3.8, 4) is 0 Å². The number of pyridine rings is 2. The van der Waals surface area contributed by atoms with E-state index in [1.54, 1.807) is 6.20 Å². The third-order valence-corrected chi connectivity index (χ3v) is 4.40. The van der Waals surface area contributed by atoms with E-state index in [9.17, 15) is 9.18 Å². The summed E-state index contributed by atoms with van der Waals surface area (Å²) in [4.78, 5) is 20.3. The van der Waals surface area contributed by atoms with Gasteiger partial charge in [-0.15, -0.1) is 0 Å². The topological polar surface area (TPSA) is 119 Å². The van der Waals surface area contributed by atoms with Crippen LogP contribution in [0, 0.1) is 19.7 Å². The summed E-state index contributed by atoms with van der Waals surface area (Å²) in [5, 5.41) is 6.05. The van der Waals surface area contributed by atoms with E-state index in [2.05, 4.69) is 20.6 Å². The van der Waals surface area contributed by atoms with E-state index in [0.29, 0.717) is 5.69 Å². The van der Waals surface area contributed by atoms with Crippen LogP contribution in [0.1, 0.15) is 48.3 Å². The molecule has 0 radical (unpaired) electrons. The SMILES string of the molecule is CCC[C@@H](Nc1nc(Nc2cnc(C)c(C)c2)c(C(N)=O)cc1F)[C@H](C)N. The summed E-state index contributed by atoms with van der Waals surface area (Å²) in [5.74, 6) is -1.25. The molecule has 2 aromatic rings. The molecular weight excluding hydrogens is 347 g/mol. The molecule has 7 nitrogen and oxygen atoms in total. The Kier molecular flexibility index (Phi) is 6.68. The fraction of sp³-hybridized carbons (Fsp3) is 0.421. The molecule has 0 saturated carbocycles. The van der Waals surface area contributed by atoms with Crippen LogP contribution in [0.3, 0.4) is 0 Å². The first-order valence-corrected chi connectivity index (χ1v) is 8.95. The van der Waals surface area contributed by atoms with Crippen LogP contribution in [-0.2, 0) is 0 Å². The number of rotatable bonds is 8. The third-order valence-electron chi connectivity index (χ3n) is 4.40. The average Bonchev–Trinajstić information content (AvgIpc) is 2.59. The van der Waals surface area contributed by atoms with Gasteiger partial charge in [-0.25, -0.2) is 9.37 Å². The van der Waals surface area contributed by atoms with Crippen molar-refractivity contribution in [2.24, 2.45) is 11.5 Å². The smallest absolute Gasteiger partial charge is 0.252 e. The zero-order valence-electron chi connectivity index (χ0n) is 16.1. The Labute approximate surface area is 158 Å². The van der Waals surface area contributed by atoms with Crippen molar-refractivity contribution in [2.75, 3.05) is 10.6 Å². The molecule has 0 saturated heterocycles. The molecule has 2 aromatic heterocycles. The van der Waals surface area contributed by atoms with Gasteiger partial charge in [0.15, 0.2) is 11.6 Å². The fourth-order valence-electron chi connectivity index (χ4n) is 2.67. The number of nitrogens with one attached hydrogen (secondary N) is 2. The highest BCUT2D eigenvalue weighted by Crippen LogP contribution is 2.25. The average molecular weight is 374 g/mol. The van der Waals surface area contributed by atoms with Crippen LogP contribution >= 0.6 is 0 Å². The number of hydrogen-bond acceptors (Lipinski definition) is 6. The Morgan fingerprint density at radius 3 is 2.56 bits per heavy atom. The van der Waals surface area contributed by atoms with Gasteiger partial charge < -0.3 is 22.1 Å². The second-order valence-electron chi connectivity index (χ2n) is 6.73. The largest absolute Gasteiger partial charge is 0.365 e. The second-order valence-corrected chi connectivity index (χ2v) is 6.73. The molecule has 0 aliphatic heterocycles. The minimum Gasteiger partial charge on any atom is -0.365 e. The normalized spacial score (nSPS) is 13.1. The van der Waals surface area contributed by atoms with E-state index in [1.165, 1.54) is 0 Å². The Morgan fingerprint density at radius 2 is 2.00 bits per heavy atom. The Bertz CT molecular complexity index is 824. The third kappa shape index (κ3) is 5.13. The van der Waals surface area contributed by atoms with Gasteiger partial charge >= 0.3 is 0 Å². The summed E-state index contributed by atoms with van der Waals surface area (Å²) in [6, 6.07) is 2.61. The van der Waals surface area contributed by atoms with Crippen molar-refractivity contribution in [1.82, 2.24) is 9.97 Å². The van der Waals surface area contributed by atoms with Gasteiger partial charge in [0.1, 0.15) is 5.82 Å². The van der Waals surface area contributed by atoms with Crippen LogP contribution in [0.15, 0.2) is 18.3 Å². The molecule has 0 aliphatic carbocycles. The lowest BCUT2D eigenvalue weighted by molar-refractivity contribution is 0.100. The highest BCUT2D eigenvalue weighted by Gasteiger charge is 2.20. The standard InChI is InChI=1S/C19H27FN6O/c1-5-6-16(11(3)21)25-19-15(20)8-14(17(22)27)18(26-19)24-13-7-10(2)12(4)23-9-13/h7-9,11,16H,5-6,21H2,1-4H3,(H2,22,27)(H2,24,25,26)/t11-,16+/m0/s1. The fourth-order valence-corrected chi connectivity index (χ4v) is 2.67. The highest BCUT2D eigenvalue weighted by atomic mass is 19.1. The molecule has 2 heterocycles. The van der Waals surface area contributed by atoms with Crippen LogP contribution in [-0.4, -0.2) is 28.0 Å². The van der Waals surface area contributed by atoms with Gasteiger partial charge in [-0.1, -0.05) is 13.3 Å². The molecular formula is C19H27FN6O. The Balaban J connectivity index is 2.41. The van der Waals surface area contributed by atoms with Crippen LogP contribution < -0.4 is 22.1 Å². The lowest BCUT2D eigenvalue weighted by atomic mass is 10.1. The molecule has 0 bridgehead atoms. The number of nitrogens with zero attached hydrogens (tertiary/aromatic N) is 2. The summed E-state index contributed by atoms with van der Waals surface area (Å²) in [7, 11) is 0. The van der Waals surface area contributed by atoms with Gasteiger partial charge in [0.05, 0.1) is 17.4 Å². The van der Waals surface area contributed by atoms with Crippen molar-refractivity contribution in [3.05, 3.63) is 41.0 Å². The van der Waals surface area contributed by atoms with Crippen LogP contribution in [0.2, 0.25) is 0 Å². The number of anilines is 3. The van der Waals surface area contributed by atoms with Gasteiger partial charge in [-0.05, 0) is 44.9 Å². The van der Waals surface area contributed by atoms with Crippen molar-refractivity contribution in [1.29, 1.82) is 0 Å². The summed E-state index contributed by atoms with van der Waals surface area (Å²) < 4.78 is 14.5. The van der Waals surface area contributed by atoms with Crippen molar-refractivity contribution in [2.45, 2.75) is 52.6 Å². The second kappa shape index (κ2) is 8.77. The predicted molar refractivity (Wildman–Crippen MR) is 106 cm³/mol. The van der Waals surface area contributed by atoms with Gasteiger partial charge in [-0.2, -0.15) is 0 Å². The molecule has 1 amide bonds. The number of nitrogens with two attached hydrogens (primary N) is 2. The molecule has 146 valence electrons. The van der Waals surface area contributed by atoms with Crippen molar-refractivity contribution >= 4 is 23.2 Å². The number of carbonyl (C=O) groups excluding carboxylic acids is 1. The molecule has 6 N–H and O–H groups in total. The molecule has 0 fully saturated rings. The molecule has 0 unspecified atom stereocenters. The maximum Gasteiger partial charge on any atom is 0.252 e. The van der Waals surface area contributed by atoms with Gasteiger partial charge in [0.2, 0.25) is 0 Å². The van der Waals surface area contributed by atoms with Gasteiger partial charge in [-0.3, -0.25) is 9.78 Å². The number of halogens is 1. The predicted octanol–water partition coefficient (Wildman–Crippen LogP) is 3.00. The number of hydrogen-bond donors (Lipinski definition) is 4. The maximum absolute atomic E-state index is 14.5. The number of amides is 1. The monoisotopic (exact) mass is 374 g/mol. The van der Waals surface area contributed by atoms with Gasteiger partial charge in [0, 0.05) is 17.8 Å². The maximum atomic E-state index is 14.5. The van der Waals surface area contributed by atoms with Crippen LogP contribution in [0.4, 0.5) is 21.7 Å². The minimum atomic E-state index is -0.774. The number of primary amides is 1. The van der Waals surface area contributed by atoms with Crippen LogP contribution in [0.5, 0.6) is 0 Å². The minimum absolute atomic E-state index is 0.0232. The summed E-state index contributed by atoms with van der Waals surface area (Å²) >= 11 is 0. The molecule has 0 aliphatic rings. The van der Waals surface area contributed by atoms with E-state index in [0.717, 1.165) is 30.2 Å². The Hall–Kier alpha value is -2.74. The summed E-state index contributed by atoms with van der Waals surface area (Å²) in [6.07, 6.45) is 3.27. The Morgan fingerprint density at radius 1 is 1.30 bits per heavy atom. The summed E-state index contributed by atoms with van der Waals surface area (Å²) in [5.41, 5.74) is 13.8. The van der Waals surface area contributed by atoms with E-state index >= 15 is 0 Å². The molecule has 2 rings (SSSR count). The van der Waals surface area contributed by atoms with Crippen molar-refractivity contribution < 1.29 is 9.18 Å².